The van der Waals surface area contributed by atoms with Gasteiger partial charge >= 0.3 is 0 Å². The summed E-state index contributed by atoms with van der Waals surface area (Å²) in [6.45, 7) is 6.04. The molecule has 0 saturated heterocycles. The summed E-state index contributed by atoms with van der Waals surface area (Å²) in [7, 11) is -2.84. The van der Waals surface area contributed by atoms with E-state index in [1.54, 1.807) is 63.2 Å². The Morgan fingerprint density at radius 3 is 2.15 bits per heavy atom. The van der Waals surface area contributed by atoms with Gasteiger partial charge in [-0.2, -0.15) is 0 Å². The molecule has 3 aromatic carbocycles. The SMILES string of the molecule is COc1ccccc1N(CC(=O)N(Cc1ccccc1F)[C@H](C)C(=O)NC(C)(C)C)S(=O)(=O)c1ccccc1. The van der Waals surface area contributed by atoms with Gasteiger partial charge in [0.25, 0.3) is 10.0 Å². The lowest BCUT2D eigenvalue weighted by Gasteiger charge is -2.33. The number of methoxy groups -OCH3 is 1. The number of amides is 2. The van der Waals surface area contributed by atoms with Gasteiger partial charge in [-0.15, -0.1) is 0 Å². The van der Waals surface area contributed by atoms with Crippen LogP contribution in [0.5, 0.6) is 5.75 Å². The monoisotopic (exact) mass is 555 g/mol. The van der Waals surface area contributed by atoms with Crippen LogP contribution in [0.1, 0.15) is 33.3 Å². The molecule has 0 saturated carbocycles. The van der Waals surface area contributed by atoms with Crippen LogP contribution in [0.15, 0.2) is 83.8 Å². The maximum atomic E-state index is 14.6. The number of para-hydroxylation sites is 2. The quantitative estimate of drug-likeness (QED) is 0.401. The van der Waals surface area contributed by atoms with Crippen LogP contribution in [0.2, 0.25) is 0 Å². The van der Waals surface area contributed by atoms with Crippen LogP contribution in [0.25, 0.3) is 0 Å². The van der Waals surface area contributed by atoms with Gasteiger partial charge in [0.15, 0.2) is 0 Å². The molecule has 8 nitrogen and oxygen atoms in total. The third-order valence-corrected chi connectivity index (χ3v) is 7.70. The molecule has 208 valence electrons. The maximum absolute atomic E-state index is 14.6. The molecule has 3 rings (SSSR count). The van der Waals surface area contributed by atoms with Gasteiger partial charge in [0.05, 0.1) is 17.7 Å². The van der Waals surface area contributed by atoms with E-state index in [4.69, 9.17) is 4.74 Å². The minimum absolute atomic E-state index is 0.0251. The largest absolute Gasteiger partial charge is 0.495 e. The van der Waals surface area contributed by atoms with Gasteiger partial charge in [-0.05, 0) is 58.0 Å². The van der Waals surface area contributed by atoms with E-state index < -0.39 is 45.8 Å². The number of rotatable bonds is 10. The molecule has 2 amide bonds. The van der Waals surface area contributed by atoms with Crippen molar-refractivity contribution in [2.24, 2.45) is 0 Å². The first kappa shape index (κ1) is 29.6. The number of nitrogens with zero attached hydrogens (tertiary/aromatic N) is 2. The van der Waals surface area contributed by atoms with Crippen LogP contribution >= 0.6 is 0 Å². The lowest BCUT2D eigenvalue weighted by molar-refractivity contribution is -0.140. The number of sulfonamides is 1. The number of halogens is 1. The summed E-state index contributed by atoms with van der Waals surface area (Å²) >= 11 is 0. The van der Waals surface area contributed by atoms with Crippen LogP contribution in [0.4, 0.5) is 10.1 Å². The van der Waals surface area contributed by atoms with Crippen molar-refractivity contribution in [3.05, 3.63) is 90.2 Å². The van der Waals surface area contributed by atoms with Crippen LogP contribution in [0.3, 0.4) is 0 Å². The summed E-state index contributed by atoms with van der Waals surface area (Å²) in [6, 6.07) is 19.0. The summed E-state index contributed by atoms with van der Waals surface area (Å²) in [5, 5.41) is 2.84. The smallest absolute Gasteiger partial charge is 0.264 e. The predicted molar refractivity (Wildman–Crippen MR) is 148 cm³/mol. The molecular formula is C29H34FN3O5S. The molecule has 1 atom stereocenters. The van der Waals surface area contributed by atoms with Crippen molar-refractivity contribution < 1.29 is 27.1 Å². The number of benzene rings is 3. The first-order chi connectivity index (χ1) is 18.3. The molecule has 39 heavy (non-hydrogen) atoms. The van der Waals surface area contributed by atoms with Gasteiger partial charge in [-0.1, -0.05) is 48.5 Å². The molecule has 0 aliphatic carbocycles. The molecule has 0 heterocycles. The molecule has 0 unspecified atom stereocenters. The highest BCUT2D eigenvalue weighted by molar-refractivity contribution is 7.92. The van der Waals surface area contributed by atoms with E-state index >= 15 is 0 Å². The average molecular weight is 556 g/mol. The molecule has 0 aromatic heterocycles. The Hall–Kier alpha value is -3.92. The highest BCUT2D eigenvalue weighted by Crippen LogP contribution is 2.32. The number of nitrogens with one attached hydrogen (secondary N) is 1. The van der Waals surface area contributed by atoms with Crippen LogP contribution in [-0.4, -0.2) is 50.4 Å². The Morgan fingerprint density at radius 1 is 0.949 bits per heavy atom. The van der Waals surface area contributed by atoms with Crippen molar-refractivity contribution in [2.45, 2.75) is 50.7 Å². The van der Waals surface area contributed by atoms with E-state index in [0.717, 1.165) is 4.31 Å². The molecule has 0 fully saturated rings. The van der Waals surface area contributed by atoms with Gasteiger partial charge in [0, 0.05) is 17.6 Å². The fraction of sp³-hybridized carbons (Fsp3) is 0.310. The molecule has 10 heteroatoms. The molecule has 0 radical (unpaired) electrons. The van der Waals surface area contributed by atoms with Crippen molar-refractivity contribution in [1.29, 1.82) is 0 Å². The minimum Gasteiger partial charge on any atom is -0.495 e. The molecular weight excluding hydrogens is 521 g/mol. The van der Waals surface area contributed by atoms with E-state index in [1.165, 1.54) is 55.3 Å². The lowest BCUT2D eigenvalue weighted by Crippen LogP contribution is -2.54. The van der Waals surface area contributed by atoms with Crippen molar-refractivity contribution in [3.8, 4) is 5.75 Å². The number of carbonyl (C=O) groups excluding carboxylic acids is 2. The molecule has 0 spiro atoms. The van der Waals surface area contributed by atoms with Crippen LogP contribution in [0, 0.1) is 5.82 Å². The number of carbonyl (C=O) groups is 2. The number of ether oxygens (including phenoxy) is 1. The molecule has 0 aliphatic rings. The molecule has 1 N–H and O–H groups in total. The van der Waals surface area contributed by atoms with E-state index in [0.29, 0.717) is 0 Å². The fourth-order valence-corrected chi connectivity index (χ4v) is 5.38. The zero-order chi connectivity index (χ0) is 28.8. The summed E-state index contributed by atoms with van der Waals surface area (Å²) in [6.07, 6.45) is 0. The Labute approximate surface area is 229 Å². The summed E-state index contributed by atoms with van der Waals surface area (Å²) in [4.78, 5) is 28.2. The van der Waals surface area contributed by atoms with E-state index in [2.05, 4.69) is 5.32 Å². The number of anilines is 1. The van der Waals surface area contributed by atoms with Crippen molar-refractivity contribution in [1.82, 2.24) is 10.2 Å². The topological polar surface area (TPSA) is 96.0 Å². The highest BCUT2D eigenvalue weighted by Gasteiger charge is 2.34. The lowest BCUT2D eigenvalue weighted by atomic mass is 10.1. The Balaban J connectivity index is 2.08. The Kier molecular flexibility index (Phi) is 9.34. The second kappa shape index (κ2) is 12.3. The standard InChI is InChI=1S/C29H34FN3O5S/c1-21(28(35)31-29(2,3)4)32(19-22-13-9-10-16-24(22)30)27(34)20-33(25-17-11-12-18-26(25)38-5)39(36,37)23-14-7-6-8-15-23/h6-18,21H,19-20H2,1-5H3,(H,31,35)/t21-/m1/s1. The van der Waals surface area contributed by atoms with Crippen LogP contribution < -0.4 is 14.4 Å². The first-order valence-electron chi connectivity index (χ1n) is 12.4. The van der Waals surface area contributed by atoms with E-state index in [-0.39, 0.29) is 28.4 Å². The van der Waals surface area contributed by atoms with Gasteiger partial charge < -0.3 is 15.0 Å². The number of hydrogen-bond acceptors (Lipinski definition) is 5. The van der Waals surface area contributed by atoms with E-state index in [9.17, 15) is 22.4 Å². The van der Waals surface area contributed by atoms with Gasteiger partial charge in [-0.25, -0.2) is 12.8 Å². The van der Waals surface area contributed by atoms with Crippen LogP contribution in [-0.2, 0) is 26.2 Å². The third kappa shape index (κ3) is 7.35. The van der Waals surface area contributed by atoms with Gasteiger partial charge in [0.1, 0.15) is 24.2 Å². The normalized spacial score (nSPS) is 12.4. The molecule has 0 bridgehead atoms. The predicted octanol–water partition coefficient (Wildman–Crippen LogP) is 4.36. The van der Waals surface area contributed by atoms with Gasteiger partial charge in [0.2, 0.25) is 11.8 Å². The van der Waals surface area contributed by atoms with E-state index in [1.807, 2.05) is 0 Å². The second-order valence-electron chi connectivity index (χ2n) is 10.0. The summed E-state index contributed by atoms with van der Waals surface area (Å²) < 4.78 is 48.6. The maximum Gasteiger partial charge on any atom is 0.264 e. The van der Waals surface area contributed by atoms with Crippen molar-refractivity contribution in [3.63, 3.8) is 0 Å². The first-order valence-corrected chi connectivity index (χ1v) is 13.8. The zero-order valence-electron chi connectivity index (χ0n) is 22.7. The van der Waals surface area contributed by atoms with Crippen molar-refractivity contribution in [2.75, 3.05) is 18.0 Å². The van der Waals surface area contributed by atoms with Gasteiger partial charge in [-0.3, -0.25) is 13.9 Å². The zero-order valence-corrected chi connectivity index (χ0v) is 23.5. The number of hydrogen-bond donors (Lipinski definition) is 1. The summed E-state index contributed by atoms with van der Waals surface area (Å²) in [5.74, 6) is -1.46. The second-order valence-corrected chi connectivity index (χ2v) is 11.9. The average Bonchev–Trinajstić information content (AvgIpc) is 2.90. The summed E-state index contributed by atoms with van der Waals surface area (Å²) in [5.41, 5.74) is -0.246. The highest BCUT2D eigenvalue weighted by atomic mass is 32.2. The Bertz CT molecular complexity index is 1410. The van der Waals surface area contributed by atoms with Crippen molar-refractivity contribution >= 4 is 27.5 Å². The molecule has 0 aliphatic heterocycles. The Morgan fingerprint density at radius 2 is 1.54 bits per heavy atom. The fourth-order valence-electron chi connectivity index (χ4n) is 3.94. The third-order valence-electron chi connectivity index (χ3n) is 5.93. The molecule has 3 aromatic rings. The minimum atomic E-state index is -4.24.